The lowest BCUT2D eigenvalue weighted by Crippen LogP contribution is -2.20. The van der Waals surface area contributed by atoms with Crippen LogP contribution < -0.4 is 0 Å². The predicted molar refractivity (Wildman–Crippen MR) is 58.6 cm³/mol. The summed E-state index contributed by atoms with van der Waals surface area (Å²) in [6.45, 7) is 1.80. The number of hydrogen-bond acceptors (Lipinski definition) is 3. The highest BCUT2D eigenvalue weighted by atomic mass is 35.5. The van der Waals surface area contributed by atoms with Crippen molar-refractivity contribution in [2.24, 2.45) is 5.92 Å². The van der Waals surface area contributed by atoms with Gasteiger partial charge in [0.05, 0.1) is 11.6 Å². The molecule has 4 nitrogen and oxygen atoms in total. The third-order valence-corrected chi connectivity index (χ3v) is 3.53. The van der Waals surface area contributed by atoms with E-state index in [1.165, 1.54) is 0 Å². The van der Waals surface area contributed by atoms with Crippen molar-refractivity contribution in [2.45, 2.75) is 38.5 Å². The molecule has 1 aromatic heterocycles. The van der Waals surface area contributed by atoms with Gasteiger partial charge in [-0.05, 0) is 44.2 Å². The fraction of sp³-hybridized carbons (Fsp3) is 0.636. The van der Waals surface area contributed by atoms with Gasteiger partial charge < -0.3 is 9.52 Å². The van der Waals surface area contributed by atoms with Crippen LogP contribution >= 0.6 is 11.6 Å². The summed E-state index contributed by atoms with van der Waals surface area (Å²) in [4.78, 5) is 15.1. The Labute approximate surface area is 98.6 Å². The molecule has 0 radical (unpaired) electrons. The first-order chi connectivity index (χ1) is 7.58. The molecule has 1 aromatic rings. The van der Waals surface area contributed by atoms with Crippen LogP contribution in [-0.4, -0.2) is 16.1 Å². The first-order valence-corrected chi connectivity index (χ1v) is 5.81. The molecule has 1 N–H and O–H groups in total. The fourth-order valence-electron chi connectivity index (χ4n) is 2.16. The molecule has 1 heterocycles. The lowest BCUT2D eigenvalue weighted by molar-refractivity contribution is -0.142. The summed E-state index contributed by atoms with van der Waals surface area (Å²) in [6.07, 6.45) is 3.01. The Morgan fingerprint density at radius 3 is 2.50 bits per heavy atom. The number of aromatic nitrogens is 1. The highest BCUT2D eigenvalue weighted by Crippen LogP contribution is 2.36. The number of carbonyl (C=O) groups is 1. The van der Waals surface area contributed by atoms with Gasteiger partial charge in [0.15, 0.2) is 5.89 Å². The van der Waals surface area contributed by atoms with E-state index in [1.807, 2.05) is 0 Å². The molecule has 0 unspecified atom stereocenters. The molecule has 0 aliphatic heterocycles. The maximum Gasteiger partial charge on any atom is 0.306 e. The van der Waals surface area contributed by atoms with E-state index in [2.05, 4.69) is 4.98 Å². The van der Waals surface area contributed by atoms with Crippen LogP contribution in [0.3, 0.4) is 0 Å². The van der Waals surface area contributed by atoms with Crippen molar-refractivity contribution >= 4 is 17.6 Å². The van der Waals surface area contributed by atoms with E-state index in [1.54, 1.807) is 6.92 Å². The molecular weight excluding hydrogens is 230 g/mol. The van der Waals surface area contributed by atoms with Crippen LogP contribution in [0.5, 0.6) is 0 Å². The van der Waals surface area contributed by atoms with E-state index in [-0.39, 0.29) is 11.8 Å². The van der Waals surface area contributed by atoms with Crippen LogP contribution in [-0.2, 0) is 4.79 Å². The second-order valence-corrected chi connectivity index (χ2v) is 4.64. The number of aliphatic carboxylic acids is 1. The molecule has 0 atom stereocenters. The molecule has 88 valence electrons. The van der Waals surface area contributed by atoms with E-state index in [9.17, 15) is 4.79 Å². The van der Waals surface area contributed by atoms with Gasteiger partial charge in [-0.1, -0.05) is 0 Å². The minimum Gasteiger partial charge on any atom is -0.481 e. The number of halogens is 1. The summed E-state index contributed by atoms with van der Waals surface area (Å²) >= 11 is 5.80. The summed E-state index contributed by atoms with van der Waals surface area (Å²) in [5.74, 6) is -0.0176. The summed E-state index contributed by atoms with van der Waals surface area (Å²) in [5, 5.41) is 9.23. The minimum atomic E-state index is -0.694. The molecule has 0 amide bonds. The molecule has 16 heavy (non-hydrogen) atoms. The fourth-order valence-corrected chi connectivity index (χ4v) is 2.28. The highest BCUT2D eigenvalue weighted by molar-refractivity contribution is 6.29. The third-order valence-electron chi connectivity index (χ3n) is 3.18. The van der Waals surface area contributed by atoms with Crippen molar-refractivity contribution < 1.29 is 14.3 Å². The zero-order valence-electron chi connectivity index (χ0n) is 9.07. The third kappa shape index (κ3) is 2.21. The van der Waals surface area contributed by atoms with Crippen molar-refractivity contribution in [3.8, 4) is 0 Å². The van der Waals surface area contributed by atoms with Crippen LogP contribution in [0, 0.1) is 12.8 Å². The minimum absolute atomic E-state index is 0.206. The normalized spacial score (nSPS) is 25.6. The van der Waals surface area contributed by atoms with Crippen molar-refractivity contribution in [1.82, 2.24) is 4.98 Å². The van der Waals surface area contributed by atoms with Gasteiger partial charge in [0.2, 0.25) is 5.22 Å². The van der Waals surface area contributed by atoms with Crippen LogP contribution in [0.1, 0.15) is 43.2 Å². The highest BCUT2D eigenvalue weighted by Gasteiger charge is 2.29. The van der Waals surface area contributed by atoms with Crippen LogP contribution in [0.4, 0.5) is 0 Å². The molecule has 1 aliphatic rings. The summed E-state index contributed by atoms with van der Waals surface area (Å²) in [5.41, 5.74) is 0.706. The molecule has 0 bridgehead atoms. The van der Waals surface area contributed by atoms with Crippen LogP contribution in [0.15, 0.2) is 4.42 Å². The Morgan fingerprint density at radius 2 is 2.06 bits per heavy atom. The Hall–Kier alpha value is -1.03. The second-order valence-electron chi connectivity index (χ2n) is 4.30. The van der Waals surface area contributed by atoms with E-state index in [0.29, 0.717) is 29.6 Å². The van der Waals surface area contributed by atoms with Crippen molar-refractivity contribution in [2.75, 3.05) is 0 Å². The van der Waals surface area contributed by atoms with E-state index in [4.69, 9.17) is 21.1 Å². The van der Waals surface area contributed by atoms with Crippen molar-refractivity contribution in [3.05, 3.63) is 16.8 Å². The van der Waals surface area contributed by atoms with Gasteiger partial charge in [0, 0.05) is 5.92 Å². The van der Waals surface area contributed by atoms with Gasteiger partial charge in [-0.3, -0.25) is 4.79 Å². The average Bonchev–Trinajstić information content (AvgIpc) is 2.59. The Kier molecular flexibility index (Phi) is 3.19. The monoisotopic (exact) mass is 243 g/mol. The number of carboxylic acids is 1. The van der Waals surface area contributed by atoms with Gasteiger partial charge in [-0.15, -0.1) is 0 Å². The van der Waals surface area contributed by atoms with Gasteiger partial charge in [-0.2, -0.15) is 0 Å². The lowest BCUT2D eigenvalue weighted by Gasteiger charge is -2.23. The number of oxazole rings is 1. The van der Waals surface area contributed by atoms with Gasteiger partial charge in [0.1, 0.15) is 0 Å². The van der Waals surface area contributed by atoms with Gasteiger partial charge in [0.25, 0.3) is 0 Å². The molecule has 5 heteroatoms. The number of rotatable bonds is 2. The molecule has 1 fully saturated rings. The zero-order valence-corrected chi connectivity index (χ0v) is 9.83. The van der Waals surface area contributed by atoms with Crippen LogP contribution in [0.25, 0.3) is 0 Å². The molecule has 1 aliphatic carbocycles. The number of nitrogens with zero attached hydrogens (tertiary/aromatic N) is 1. The largest absolute Gasteiger partial charge is 0.481 e. The molecule has 1 saturated carbocycles. The summed E-state index contributed by atoms with van der Waals surface area (Å²) in [6, 6.07) is 0. The van der Waals surface area contributed by atoms with Gasteiger partial charge >= 0.3 is 5.97 Å². The lowest BCUT2D eigenvalue weighted by atomic mass is 9.82. The average molecular weight is 244 g/mol. The number of aryl methyl sites for hydroxylation is 1. The maximum atomic E-state index is 10.8. The second kappa shape index (κ2) is 4.45. The van der Waals surface area contributed by atoms with Crippen molar-refractivity contribution in [3.63, 3.8) is 0 Å². The zero-order chi connectivity index (χ0) is 11.7. The Bertz CT molecular complexity index is 374. The van der Waals surface area contributed by atoms with Crippen LogP contribution in [0.2, 0.25) is 5.22 Å². The van der Waals surface area contributed by atoms with E-state index >= 15 is 0 Å². The number of hydrogen-bond donors (Lipinski definition) is 1. The molecule has 2 rings (SSSR count). The topological polar surface area (TPSA) is 63.3 Å². The van der Waals surface area contributed by atoms with E-state index in [0.717, 1.165) is 12.8 Å². The molecule has 0 aromatic carbocycles. The Morgan fingerprint density at radius 1 is 1.44 bits per heavy atom. The summed E-state index contributed by atoms with van der Waals surface area (Å²) in [7, 11) is 0. The standard InChI is InChI=1S/C11H14ClNO3/c1-6-9(12)16-10(13-6)7-2-4-8(5-3-7)11(14)15/h7-8H,2-5H2,1H3,(H,14,15). The molecule has 0 spiro atoms. The number of carboxylic acid groups (broad SMARTS) is 1. The summed E-state index contributed by atoms with van der Waals surface area (Å²) < 4.78 is 5.36. The quantitative estimate of drug-likeness (QED) is 0.867. The SMILES string of the molecule is Cc1nc(C2CCC(C(=O)O)CC2)oc1Cl. The molecule has 0 saturated heterocycles. The molecular formula is C11H14ClNO3. The first-order valence-electron chi connectivity index (χ1n) is 5.43. The Balaban J connectivity index is 2.01. The predicted octanol–water partition coefficient (Wildman–Crippen LogP) is 2.99. The maximum absolute atomic E-state index is 10.8. The van der Waals surface area contributed by atoms with E-state index < -0.39 is 5.97 Å². The van der Waals surface area contributed by atoms with Crippen molar-refractivity contribution in [1.29, 1.82) is 0 Å². The van der Waals surface area contributed by atoms with Gasteiger partial charge in [-0.25, -0.2) is 4.98 Å². The first kappa shape index (κ1) is 11.5. The smallest absolute Gasteiger partial charge is 0.306 e.